The van der Waals surface area contributed by atoms with E-state index in [0.717, 1.165) is 12.6 Å². The molecule has 1 saturated carbocycles. The van der Waals surface area contributed by atoms with Crippen molar-refractivity contribution in [1.82, 2.24) is 4.90 Å². The molecule has 16 heavy (non-hydrogen) atoms. The van der Waals surface area contributed by atoms with Crippen LogP contribution >= 0.6 is 23.6 Å². The molecular formula is C12H23Cl2N2+. The van der Waals surface area contributed by atoms with Crippen LogP contribution in [0.2, 0.25) is 0 Å². The van der Waals surface area contributed by atoms with Crippen molar-refractivity contribution in [2.24, 2.45) is 0 Å². The number of quaternary nitrogens is 1. The smallest absolute Gasteiger partial charge is 0.187 e. The Morgan fingerprint density at radius 2 is 1.62 bits per heavy atom. The highest BCUT2D eigenvalue weighted by atomic mass is 35.5. The van der Waals surface area contributed by atoms with E-state index in [1.165, 1.54) is 51.6 Å². The number of hydrogen-bond acceptors (Lipinski definition) is 1. The summed E-state index contributed by atoms with van der Waals surface area (Å²) in [6, 6.07) is 1.26. The first-order chi connectivity index (χ1) is 7.63. The van der Waals surface area contributed by atoms with Gasteiger partial charge in [-0.1, -0.05) is 0 Å². The van der Waals surface area contributed by atoms with Crippen molar-refractivity contribution in [3.8, 4) is 0 Å². The highest BCUT2D eigenvalue weighted by Crippen LogP contribution is 2.35. The van der Waals surface area contributed by atoms with Gasteiger partial charge in [0.15, 0.2) is 23.6 Å². The minimum atomic E-state index is 0.173. The van der Waals surface area contributed by atoms with E-state index < -0.39 is 0 Å². The molecule has 0 aromatic carbocycles. The van der Waals surface area contributed by atoms with Gasteiger partial charge in [0.25, 0.3) is 0 Å². The SMILES string of the molecule is CC[N+](Cl)(Cl)[C@H]1CC[C@@H](N2CCCC2)CC1. The predicted octanol–water partition coefficient (Wildman–Crippen LogP) is 3.54. The molecule has 0 aromatic rings. The molecule has 2 aliphatic rings. The molecule has 0 bridgehead atoms. The fourth-order valence-corrected chi connectivity index (χ4v) is 3.56. The van der Waals surface area contributed by atoms with E-state index in [0.29, 0.717) is 6.04 Å². The highest BCUT2D eigenvalue weighted by molar-refractivity contribution is 6.23. The second-order valence-electron chi connectivity index (χ2n) is 5.20. The second-order valence-corrected chi connectivity index (χ2v) is 6.58. The maximum atomic E-state index is 6.30. The maximum Gasteiger partial charge on any atom is 0.187 e. The zero-order valence-corrected chi connectivity index (χ0v) is 11.7. The average molecular weight is 266 g/mol. The van der Waals surface area contributed by atoms with Crippen LogP contribution in [0.3, 0.4) is 0 Å². The summed E-state index contributed by atoms with van der Waals surface area (Å²) in [6.45, 7) is 5.49. The number of halogens is 2. The van der Waals surface area contributed by atoms with Gasteiger partial charge in [-0.3, -0.25) is 0 Å². The van der Waals surface area contributed by atoms with E-state index >= 15 is 0 Å². The Hall–Kier alpha value is 0.500. The molecule has 1 aliphatic heterocycles. The van der Waals surface area contributed by atoms with Gasteiger partial charge in [0.1, 0.15) is 12.6 Å². The van der Waals surface area contributed by atoms with Crippen molar-refractivity contribution in [2.75, 3.05) is 19.6 Å². The van der Waals surface area contributed by atoms with Gasteiger partial charge in [-0.05, 0) is 45.7 Å². The van der Waals surface area contributed by atoms with Crippen molar-refractivity contribution in [3.05, 3.63) is 0 Å². The molecule has 0 amide bonds. The van der Waals surface area contributed by atoms with Crippen LogP contribution in [0.15, 0.2) is 0 Å². The largest absolute Gasteiger partial charge is 0.300 e. The van der Waals surface area contributed by atoms with Crippen LogP contribution in [0.1, 0.15) is 45.4 Å². The first kappa shape index (κ1) is 12.9. The highest BCUT2D eigenvalue weighted by Gasteiger charge is 2.38. The minimum absolute atomic E-state index is 0.173. The van der Waals surface area contributed by atoms with E-state index in [9.17, 15) is 0 Å². The second kappa shape index (κ2) is 5.43. The fourth-order valence-electron chi connectivity index (χ4n) is 3.17. The zero-order chi connectivity index (χ0) is 11.6. The van der Waals surface area contributed by atoms with E-state index in [2.05, 4.69) is 11.8 Å². The Labute approximate surface area is 109 Å². The van der Waals surface area contributed by atoms with Gasteiger partial charge in [-0.25, -0.2) is 0 Å². The third-order valence-corrected chi connectivity index (χ3v) is 5.31. The summed E-state index contributed by atoms with van der Waals surface area (Å²) in [5.74, 6) is 0. The molecule has 1 heterocycles. The number of rotatable bonds is 3. The summed E-state index contributed by atoms with van der Waals surface area (Å²) in [5.41, 5.74) is 0. The first-order valence-electron chi connectivity index (χ1n) is 6.64. The van der Waals surface area contributed by atoms with Gasteiger partial charge < -0.3 is 4.90 Å². The Kier molecular flexibility index (Phi) is 4.39. The van der Waals surface area contributed by atoms with Crippen molar-refractivity contribution >= 4 is 23.6 Å². The minimum Gasteiger partial charge on any atom is -0.300 e. The van der Waals surface area contributed by atoms with Crippen LogP contribution in [-0.4, -0.2) is 40.1 Å². The van der Waals surface area contributed by atoms with Crippen LogP contribution in [-0.2, 0) is 0 Å². The Balaban J connectivity index is 1.82. The molecule has 2 rings (SSSR count). The standard InChI is InChI=1S/C12H23Cl2N2/c1-2-16(13,14)12-7-5-11(6-8-12)15-9-3-4-10-15/h11-12H,2-10H2,1H3/q+1/t11-,12+. The third kappa shape index (κ3) is 2.84. The number of nitrogens with zero attached hydrogens (tertiary/aromatic N) is 2. The fraction of sp³-hybridized carbons (Fsp3) is 1.00. The topological polar surface area (TPSA) is 3.24 Å². The lowest BCUT2D eigenvalue weighted by Gasteiger charge is -2.37. The Morgan fingerprint density at radius 1 is 1.06 bits per heavy atom. The monoisotopic (exact) mass is 265 g/mol. The van der Waals surface area contributed by atoms with Crippen LogP contribution in [0.25, 0.3) is 0 Å². The molecule has 0 radical (unpaired) electrons. The summed E-state index contributed by atoms with van der Waals surface area (Å²) < 4.78 is 0.173. The van der Waals surface area contributed by atoms with Gasteiger partial charge >= 0.3 is 0 Å². The number of likely N-dealkylation sites (tertiary alicyclic amines) is 1. The van der Waals surface area contributed by atoms with Gasteiger partial charge in [0.2, 0.25) is 0 Å². The lowest BCUT2D eigenvalue weighted by molar-refractivity contribution is -0.723. The van der Waals surface area contributed by atoms with Crippen LogP contribution in [0.5, 0.6) is 0 Å². The molecule has 1 aliphatic carbocycles. The van der Waals surface area contributed by atoms with Crippen LogP contribution in [0.4, 0.5) is 0 Å². The summed E-state index contributed by atoms with van der Waals surface area (Å²) in [4.78, 5) is 2.67. The maximum absolute atomic E-state index is 6.30. The van der Waals surface area contributed by atoms with Gasteiger partial charge in [0.05, 0.1) is 0 Å². The van der Waals surface area contributed by atoms with E-state index in [1.807, 2.05) is 0 Å². The van der Waals surface area contributed by atoms with Crippen molar-refractivity contribution < 1.29 is 3.52 Å². The summed E-state index contributed by atoms with van der Waals surface area (Å²) in [5, 5.41) is 0. The molecular weight excluding hydrogens is 243 g/mol. The molecule has 2 fully saturated rings. The first-order valence-corrected chi connectivity index (χ1v) is 7.32. The van der Waals surface area contributed by atoms with Crippen molar-refractivity contribution in [2.45, 2.75) is 57.5 Å². The lowest BCUT2D eigenvalue weighted by atomic mass is 9.90. The lowest BCUT2D eigenvalue weighted by Crippen LogP contribution is -2.45. The number of hydrogen-bond donors (Lipinski definition) is 0. The Bertz CT molecular complexity index is 219. The molecule has 4 heteroatoms. The van der Waals surface area contributed by atoms with E-state index in [-0.39, 0.29) is 3.52 Å². The van der Waals surface area contributed by atoms with Crippen molar-refractivity contribution in [3.63, 3.8) is 0 Å². The van der Waals surface area contributed by atoms with Gasteiger partial charge in [-0.15, -0.1) is 3.52 Å². The van der Waals surface area contributed by atoms with E-state index in [4.69, 9.17) is 23.6 Å². The third-order valence-electron chi connectivity index (χ3n) is 4.28. The van der Waals surface area contributed by atoms with Gasteiger partial charge in [-0.2, -0.15) is 0 Å². The molecule has 0 N–H and O–H groups in total. The quantitative estimate of drug-likeness (QED) is 0.706. The van der Waals surface area contributed by atoms with Gasteiger partial charge in [0, 0.05) is 18.9 Å². The Morgan fingerprint density at radius 3 is 2.12 bits per heavy atom. The van der Waals surface area contributed by atoms with Crippen LogP contribution < -0.4 is 0 Å². The molecule has 2 nitrogen and oxygen atoms in total. The molecule has 94 valence electrons. The molecule has 0 aromatic heterocycles. The molecule has 0 atom stereocenters. The summed E-state index contributed by atoms with van der Waals surface area (Å²) in [7, 11) is 0. The zero-order valence-electron chi connectivity index (χ0n) is 10.2. The predicted molar refractivity (Wildman–Crippen MR) is 69.4 cm³/mol. The van der Waals surface area contributed by atoms with Crippen LogP contribution in [0, 0.1) is 0 Å². The molecule has 1 saturated heterocycles. The summed E-state index contributed by atoms with van der Waals surface area (Å²) >= 11 is 12.6. The normalized spacial score (nSPS) is 33.2. The molecule has 0 unspecified atom stereocenters. The van der Waals surface area contributed by atoms with Crippen molar-refractivity contribution in [1.29, 1.82) is 0 Å². The summed E-state index contributed by atoms with van der Waals surface area (Å²) in [6.07, 6.45) is 7.71. The average Bonchev–Trinajstić information content (AvgIpc) is 2.83. The van der Waals surface area contributed by atoms with E-state index in [1.54, 1.807) is 0 Å². The molecule has 0 spiro atoms.